The highest BCUT2D eigenvalue weighted by molar-refractivity contribution is 6.07. The Balaban J connectivity index is 1.65. The second kappa shape index (κ2) is 10.2. The number of pyridine rings is 1. The van der Waals surface area contributed by atoms with Crippen molar-refractivity contribution in [3.8, 4) is 22.8 Å². The van der Waals surface area contributed by atoms with Crippen LogP contribution < -0.4 is 14.8 Å². The van der Waals surface area contributed by atoms with Gasteiger partial charge in [-0.3, -0.25) is 4.79 Å². The molecule has 1 N–H and O–H groups in total. The third-order valence-electron chi connectivity index (χ3n) is 5.73. The minimum atomic E-state index is -0.114. The van der Waals surface area contributed by atoms with Gasteiger partial charge >= 0.3 is 0 Å². The number of carbonyl (C=O) groups is 1. The first-order valence-electron chi connectivity index (χ1n) is 11.1. The van der Waals surface area contributed by atoms with E-state index < -0.39 is 0 Å². The van der Waals surface area contributed by atoms with Crippen molar-refractivity contribution >= 4 is 16.8 Å². The average Bonchev–Trinajstić information content (AvgIpc) is 2.87. The monoisotopic (exact) mass is 440 g/mol. The maximum atomic E-state index is 13.3. The molecule has 1 atom stereocenters. The number of fused-ring (bicyclic) bond motifs is 1. The molecule has 4 aromatic rings. The number of para-hydroxylation sites is 1. The Morgan fingerprint density at radius 2 is 1.70 bits per heavy atom. The van der Waals surface area contributed by atoms with Gasteiger partial charge in [0.15, 0.2) is 0 Å². The quantitative estimate of drug-likeness (QED) is 0.383. The second-order valence-corrected chi connectivity index (χ2v) is 8.04. The zero-order chi connectivity index (χ0) is 23.2. The van der Waals surface area contributed by atoms with Gasteiger partial charge in [0.05, 0.1) is 31.0 Å². The molecule has 3 aromatic carbocycles. The number of aromatic nitrogens is 1. The topological polar surface area (TPSA) is 60.5 Å². The minimum Gasteiger partial charge on any atom is -0.497 e. The van der Waals surface area contributed by atoms with Crippen LogP contribution in [0.1, 0.15) is 29.3 Å². The number of carbonyl (C=O) groups excluding carboxylic acids is 1. The molecular weight excluding hydrogens is 412 g/mol. The van der Waals surface area contributed by atoms with Crippen molar-refractivity contribution in [3.05, 3.63) is 90.0 Å². The van der Waals surface area contributed by atoms with Crippen molar-refractivity contribution in [3.63, 3.8) is 0 Å². The van der Waals surface area contributed by atoms with E-state index in [1.54, 1.807) is 14.2 Å². The van der Waals surface area contributed by atoms with E-state index in [0.717, 1.165) is 29.3 Å². The summed E-state index contributed by atoms with van der Waals surface area (Å²) in [6, 6.07) is 25.4. The van der Waals surface area contributed by atoms with Gasteiger partial charge in [0.1, 0.15) is 11.5 Å². The molecule has 1 heterocycles. The van der Waals surface area contributed by atoms with Crippen molar-refractivity contribution in [1.29, 1.82) is 0 Å². The second-order valence-electron chi connectivity index (χ2n) is 8.04. The molecule has 0 aliphatic heterocycles. The number of rotatable bonds is 8. The SMILES string of the molecule is COc1ccc(OC)c(-c2cc(C(=O)N[C@@H](C)CCc3ccccc3)c3ccccc3n2)c1. The number of nitrogens with one attached hydrogen (secondary N) is 1. The molecule has 0 saturated carbocycles. The smallest absolute Gasteiger partial charge is 0.252 e. The van der Waals surface area contributed by atoms with Gasteiger partial charge in [0.2, 0.25) is 0 Å². The Bertz CT molecular complexity index is 1250. The van der Waals surface area contributed by atoms with Crippen LogP contribution in [0.25, 0.3) is 22.2 Å². The highest BCUT2D eigenvalue weighted by Crippen LogP contribution is 2.34. The summed E-state index contributed by atoms with van der Waals surface area (Å²) in [5.74, 6) is 1.25. The Morgan fingerprint density at radius 3 is 2.45 bits per heavy atom. The van der Waals surface area contributed by atoms with Crippen molar-refractivity contribution in [2.45, 2.75) is 25.8 Å². The molecule has 0 saturated heterocycles. The fraction of sp³-hybridized carbons (Fsp3) is 0.214. The van der Waals surface area contributed by atoms with Crippen molar-refractivity contribution in [1.82, 2.24) is 10.3 Å². The van der Waals surface area contributed by atoms with E-state index >= 15 is 0 Å². The van der Waals surface area contributed by atoms with E-state index in [9.17, 15) is 4.79 Å². The number of amides is 1. The summed E-state index contributed by atoms with van der Waals surface area (Å²) in [5, 5.41) is 3.98. The van der Waals surface area contributed by atoms with Gasteiger partial charge in [-0.2, -0.15) is 0 Å². The highest BCUT2D eigenvalue weighted by Gasteiger charge is 2.18. The summed E-state index contributed by atoms with van der Waals surface area (Å²) in [5.41, 5.74) is 4.04. The first-order valence-corrected chi connectivity index (χ1v) is 11.1. The summed E-state index contributed by atoms with van der Waals surface area (Å²) in [6.07, 6.45) is 1.76. The zero-order valence-electron chi connectivity index (χ0n) is 19.2. The third kappa shape index (κ3) is 5.14. The fourth-order valence-electron chi connectivity index (χ4n) is 3.92. The van der Waals surface area contributed by atoms with Crippen LogP contribution in [0, 0.1) is 0 Å². The number of hydrogen-bond donors (Lipinski definition) is 1. The lowest BCUT2D eigenvalue weighted by Crippen LogP contribution is -2.33. The predicted molar refractivity (Wildman–Crippen MR) is 132 cm³/mol. The molecule has 0 unspecified atom stereocenters. The van der Waals surface area contributed by atoms with Crippen LogP contribution in [0.5, 0.6) is 11.5 Å². The third-order valence-corrected chi connectivity index (χ3v) is 5.73. The molecule has 0 fully saturated rings. The number of ether oxygens (including phenoxy) is 2. The predicted octanol–water partition coefficient (Wildman–Crippen LogP) is 5.67. The molecule has 1 amide bonds. The number of nitrogens with zero attached hydrogens (tertiary/aromatic N) is 1. The van der Waals surface area contributed by atoms with Gasteiger partial charge in [-0.25, -0.2) is 4.98 Å². The summed E-state index contributed by atoms with van der Waals surface area (Å²) < 4.78 is 10.9. The molecule has 0 spiro atoms. The van der Waals surface area contributed by atoms with Gasteiger partial charge in [-0.05, 0) is 55.7 Å². The lowest BCUT2D eigenvalue weighted by atomic mass is 10.0. The maximum absolute atomic E-state index is 13.3. The van der Waals surface area contributed by atoms with Crippen molar-refractivity contribution in [2.24, 2.45) is 0 Å². The largest absolute Gasteiger partial charge is 0.497 e. The van der Waals surface area contributed by atoms with Crippen molar-refractivity contribution < 1.29 is 14.3 Å². The lowest BCUT2D eigenvalue weighted by Gasteiger charge is -2.16. The fourth-order valence-corrected chi connectivity index (χ4v) is 3.92. The number of methoxy groups -OCH3 is 2. The molecular formula is C28H28N2O3. The first kappa shape index (κ1) is 22.3. The van der Waals surface area contributed by atoms with Crippen LogP contribution in [0.3, 0.4) is 0 Å². The summed E-state index contributed by atoms with van der Waals surface area (Å²) in [7, 11) is 3.24. The molecule has 1 aromatic heterocycles. The molecule has 0 aliphatic rings. The van der Waals surface area contributed by atoms with Crippen LogP contribution in [-0.4, -0.2) is 31.2 Å². The standard InChI is InChI=1S/C28H28N2O3/c1-19(13-14-20-9-5-4-6-10-20)29-28(31)23-18-26(30-25-12-8-7-11-22(23)25)24-17-21(32-2)15-16-27(24)33-3/h4-12,15-19H,13-14H2,1-3H3,(H,29,31)/t19-/m0/s1. The van der Waals surface area contributed by atoms with Crippen LogP contribution in [-0.2, 0) is 6.42 Å². The molecule has 0 aliphatic carbocycles. The van der Waals surface area contributed by atoms with E-state index in [0.29, 0.717) is 22.8 Å². The van der Waals surface area contributed by atoms with Crippen LogP contribution in [0.15, 0.2) is 78.9 Å². The Kier molecular flexibility index (Phi) is 6.89. The number of benzene rings is 3. The van der Waals surface area contributed by atoms with Crippen molar-refractivity contribution in [2.75, 3.05) is 14.2 Å². The summed E-state index contributed by atoms with van der Waals surface area (Å²) in [4.78, 5) is 18.2. The van der Waals surface area contributed by atoms with Gasteiger partial charge in [-0.15, -0.1) is 0 Å². The number of aryl methyl sites for hydroxylation is 1. The summed E-state index contributed by atoms with van der Waals surface area (Å²) in [6.45, 7) is 2.04. The van der Waals surface area contributed by atoms with Gasteiger partial charge in [0, 0.05) is 17.0 Å². The number of hydrogen-bond acceptors (Lipinski definition) is 4. The molecule has 5 heteroatoms. The van der Waals surface area contributed by atoms with E-state index in [1.807, 2.05) is 73.7 Å². The first-order chi connectivity index (χ1) is 16.1. The molecule has 4 rings (SSSR count). The van der Waals surface area contributed by atoms with Crippen LogP contribution in [0.4, 0.5) is 0 Å². The molecule has 33 heavy (non-hydrogen) atoms. The zero-order valence-corrected chi connectivity index (χ0v) is 19.2. The minimum absolute atomic E-state index is 0.0273. The Hall–Kier alpha value is -3.86. The maximum Gasteiger partial charge on any atom is 0.252 e. The van der Waals surface area contributed by atoms with Crippen LogP contribution >= 0.6 is 0 Å². The molecule has 0 bridgehead atoms. The van der Waals surface area contributed by atoms with E-state index in [1.165, 1.54) is 5.56 Å². The summed E-state index contributed by atoms with van der Waals surface area (Å²) >= 11 is 0. The molecule has 5 nitrogen and oxygen atoms in total. The van der Waals surface area contributed by atoms with Crippen LogP contribution in [0.2, 0.25) is 0 Å². The highest BCUT2D eigenvalue weighted by atomic mass is 16.5. The van der Waals surface area contributed by atoms with E-state index in [2.05, 4.69) is 17.4 Å². The molecule has 168 valence electrons. The lowest BCUT2D eigenvalue weighted by molar-refractivity contribution is 0.0940. The van der Waals surface area contributed by atoms with Gasteiger partial charge in [0.25, 0.3) is 5.91 Å². The molecule has 0 radical (unpaired) electrons. The van der Waals surface area contributed by atoms with E-state index in [4.69, 9.17) is 14.5 Å². The Labute approximate surface area is 194 Å². The van der Waals surface area contributed by atoms with Gasteiger partial charge < -0.3 is 14.8 Å². The average molecular weight is 441 g/mol. The normalized spacial score (nSPS) is 11.7. The van der Waals surface area contributed by atoms with Gasteiger partial charge in [-0.1, -0.05) is 48.5 Å². The van der Waals surface area contributed by atoms with E-state index in [-0.39, 0.29) is 11.9 Å². The Morgan fingerprint density at radius 1 is 0.939 bits per heavy atom.